The van der Waals surface area contributed by atoms with Gasteiger partial charge in [0.15, 0.2) is 0 Å². The van der Waals surface area contributed by atoms with E-state index in [0.717, 1.165) is 36.8 Å². The molecule has 3 nitrogen and oxygen atoms in total. The van der Waals surface area contributed by atoms with E-state index in [1.54, 1.807) is 0 Å². The Morgan fingerprint density at radius 3 is 2.71 bits per heavy atom. The second kappa shape index (κ2) is 6.20. The second-order valence-corrected chi connectivity index (χ2v) is 7.04. The molecule has 0 saturated carbocycles. The zero-order valence-corrected chi connectivity index (χ0v) is 12.6. The Hall–Kier alpha value is -0.690. The van der Waals surface area contributed by atoms with Crippen molar-refractivity contribution in [3.63, 3.8) is 0 Å². The summed E-state index contributed by atoms with van der Waals surface area (Å²) in [5.41, 5.74) is 3.25. The molecule has 0 aliphatic carbocycles. The third-order valence-corrected chi connectivity index (χ3v) is 5.72. The first-order valence-electron chi connectivity index (χ1n) is 7.26. The highest BCUT2D eigenvalue weighted by molar-refractivity contribution is 7.99. The number of benzene rings is 1. The minimum absolute atomic E-state index is 0.0748. The van der Waals surface area contributed by atoms with Crippen LogP contribution in [-0.2, 0) is 4.74 Å². The molecule has 0 radical (unpaired) electrons. The maximum Gasteiger partial charge on any atom is 0.126 e. The average Bonchev–Trinajstić information content (AvgIpc) is 2.86. The Morgan fingerprint density at radius 1 is 1.33 bits per heavy atom. The van der Waals surface area contributed by atoms with Gasteiger partial charge in [0, 0.05) is 24.5 Å². The summed E-state index contributed by atoms with van der Waals surface area (Å²) in [6.07, 6.45) is 2.77. The number of hydrogen-bond donors (Lipinski definition) is 2. The highest BCUT2D eigenvalue weighted by Gasteiger charge is 2.42. The van der Waals surface area contributed by atoms with Gasteiger partial charge in [0.05, 0.1) is 5.60 Å². The van der Waals surface area contributed by atoms with Crippen molar-refractivity contribution >= 4 is 11.8 Å². The van der Waals surface area contributed by atoms with Gasteiger partial charge < -0.3 is 4.74 Å². The van der Waals surface area contributed by atoms with Crippen LogP contribution in [0.4, 0.5) is 8.78 Å². The smallest absolute Gasteiger partial charge is 0.126 e. The molecule has 116 valence electrons. The summed E-state index contributed by atoms with van der Waals surface area (Å²) >= 11 is 1.90. The highest BCUT2D eigenvalue weighted by atomic mass is 32.2. The molecule has 2 fully saturated rings. The third-order valence-electron chi connectivity index (χ3n) is 4.49. The molecule has 1 aromatic rings. The molecule has 2 aliphatic heterocycles. The molecule has 1 spiro atoms. The summed E-state index contributed by atoms with van der Waals surface area (Å²) in [6, 6.07) is 3.36. The van der Waals surface area contributed by atoms with E-state index in [4.69, 9.17) is 10.6 Å². The van der Waals surface area contributed by atoms with E-state index in [1.165, 1.54) is 12.1 Å². The monoisotopic (exact) mass is 314 g/mol. The summed E-state index contributed by atoms with van der Waals surface area (Å²) in [7, 11) is 0. The molecule has 2 saturated heterocycles. The van der Waals surface area contributed by atoms with Crippen molar-refractivity contribution < 1.29 is 13.5 Å². The summed E-state index contributed by atoms with van der Waals surface area (Å²) in [5.74, 6) is 6.89. The predicted molar refractivity (Wildman–Crippen MR) is 79.8 cm³/mol. The Balaban J connectivity index is 1.82. The van der Waals surface area contributed by atoms with Crippen molar-refractivity contribution in [3.05, 3.63) is 35.4 Å². The summed E-state index contributed by atoms with van der Waals surface area (Å²) < 4.78 is 32.9. The van der Waals surface area contributed by atoms with E-state index in [9.17, 15) is 8.78 Å². The number of hydrogen-bond acceptors (Lipinski definition) is 4. The van der Waals surface area contributed by atoms with Crippen LogP contribution in [0.15, 0.2) is 18.2 Å². The lowest BCUT2D eigenvalue weighted by Gasteiger charge is -2.40. The molecule has 3 rings (SSSR count). The Kier molecular flexibility index (Phi) is 4.49. The van der Waals surface area contributed by atoms with Gasteiger partial charge in [-0.3, -0.25) is 11.3 Å². The Morgan fingerprint density at radius 2 is 2.10 bits per heavy atom. The fourth-order valence-electron chi connectivity index (χ4n) is 3.47. The van der Waals surface area contributed by atoms with Crippen LogP contribution in [0.1, 0.15) is 30.9 Å². The molecule has 6 heteroatoms. The van der Waals surface area contributed by atoms with Crippen molar-refractivity contribution in [2.75, 3.05) is 18.1 Å². The lowest BCUT2D eigenvalue weighted by atomic mass is 9.79. The van der Waals surface area contributed by atoms with Gasteiger partial charge in [-0.15, -0.1) is 0 Å². The fourth-order valence-corrected chi connectivity index (χ4v) is 4.85. The van der Waals surface area contributed by atoms with E-state index < -0.39 is 11.6 Å². The van der Waals surface area contributed by atoms with Crippen LogP contribution in [0.3, 0.4) is 0 Å². The molecule has 3 atom stereocenters. The van der Waals surface area contributed by atoms with Crippen molar-refractivity contribution in [1.29, 1.82) is 0 Å². The summed E-state index contributed by atoms with van der Waals surface area (Å²) in [5, 5.41) is 0. The van der Waals surface area contributed by atoms with E-state index in [2.05, 4.69) is 5.43 Å². The summed E-state index contributed by atoms with van der Waals surface area (Å²) in [4.78, 5) is 0. The first-order chi connectivity index (χ1) is 10.1. The molecule has 0 amide bonds. The van der Waals surface area contributed by atoms with Gasteiger partial charge in [-0.05, 0) is 48.6 Å². The Labute approximate surface area is 127 Å². The molecule has 0 bridgehead atoms. The van der Waals surface area contributed by atoms with E-state index in [0.29, 0.717) is 12.2 Å². The standard InChI is InChI=1S/C15H20F2N2OS/c16-12-5-11(6-13(17)7-12)14(19-18)10-1-3-20-15(8-10)2-4-21-9-15/h5-7,10,14,19H,1-4,8-9,18H2. The van der Waals surface area contributed by atoms with Crippen LogP contribution in [0.2, 0.25) is 0 Å². The molecule has 0 aromatic heterocycles. The van der Waals surface area contributed by atoms with Crippen LogP contribution in [-0.4, -0.2) is 23.7 Å². The van der Waals surface area contributed by atoms with Gasteiger partial charge in [0.1, 0.15) is 11.6 Å². The molecular weight excluding hydrogens is 294 g/mol. The number of hydrazine groups is 1. The minimum Gasteiger partial charge on any atom is -0.374 e. The normalized spacial score (nSPS) is 30.7. The number of ether oxygens (including phenoxy) is 1. The minimum atomic E-state index is -0.566. The van der Waals surface area contributed by atoms with Crippen molar-refractivity contribution in [2.24, 2.45) is 11.8 Å². The third kappa shape index (κ3) is 3.23. The molecule has 2 heterocycles. The summed E-state index contributed by atoms with van der Waals surface area (Å²) in [6.45, 7) is 0.682. The van der Waals surface area contributed by atoms with Gasteiger partial charge in [-0.2, -0.15) is 11.8 Å². The fraction of sp³-hybridized carbons (Fsp3) is 0.600. The van der Waals surface area contributed by atoms with Crippen molar-refractivity contribution in [1.82, 2.24) is 5.43 Å². The maximum atomic E-state index is 13.4. The quantitative estimate of drug-likeness (QED) is 0.665. The van der Waals surface area contributed by atoms with E-state index >= 15 is 0 Å². The SMILES string of the molecule is NNC(c1cc(F)cc(F)c1)C1CCOC2(CCSC2)C1. The van der Waals surface area contributed by atoms with Gasteiger partial charge in [-0.25, -0.2) is 8.78 Å². The molecule has 2 aliphatic rings. The largest absolute Gasteiger partial charge is 0.374 e. The lowest BCUT2D eigenvalue weighted by molar-refractivity contribution is -0.0854. The van der Waals surface area contributed by atoms with Crippen molar-refractivity contribution in [2.45, 2.75) is 30.9 Å². The van der Waals surface area contributed by atoms with Crippen LogP contribution in [0, 0.1) is 17.6 Å². The van der Waals surface area contributed by atoms with Crippen LogP contribution < -0.4 is 11.3 Å². The molecule has 3 N–H and O–H groups in total. The first-order valence-corrected chi connectivity index (χ1v) is 8.41. The van der Waals surface area contributed by atoms with E-state index in [-0.39, 0.29) is 17.6 Å². The second-order valence-electron chi connectivity index (χ2n) is 5.93. The average molecular weight is 314 g/mol. The molecular formula is C15H20F2N2OS. The highest BCUT2D eigenvalue weighted by Crippen LogP contribution is 2.43. The van der Waals surface area contributed by atoms with Gasteiger partial charge in [0.25, 0.3) is 0 Å². The number of nitrogens with one attached hydrogen (secondary N) is 1. The van der Waals surface area contributed by atoms with Gasteiger partial charge in [-0.1, -0.05) is 0 Å². The zero-order chi connectivity index (χ0) is 14.9. The van der Waals surface area contributed by atoms with Crippen molar-refractivity contribution in [3.8, 4) is 0 Å². The Bertz CT molecular complexity index is 488. The number of nitrogens with two attached hydrogens (primary N) is 1. The topological polar surface area (TPSA) is 47.3 Å². The van der Waals surface area contributed by atoms with Crippen LogP contribution in [0.25, 0.3) is 0 Å². The molecule has 3 unspecified atom stereocenters. The number of halogens is 2. The van der Waals surface area contributed by atoms with Crippen LogP contribution >= 0.6 is 11.8 Å². The number of thioether (sulfide) groups is 1. The van der Waals surface area contributed by atoms with Gasteiger partial charge >= 0.3 is 0 Å². The van der Waals surface area contributed by atoms with Crippen LogP contribution in [0.5, 0.6) is 0 Å². The molecule has 21 heavy (non-hydrogen) atoms. The predicted octanol–water partition coefficient (Wildman–Crippen LogP) is 2.77. The first kappa shape index (κ1) is 15.2. The number of rotatable bonds is 3. The lowest BCUT2D eigenvalue weighted by Crippen LogP contribution is -2.45. The van der Waals surface area contributed by atoms with Gasteiger partial charge in [0.2, 0.25) is 0 Å². The zero-order valence-electron chi connectivity index (χ0n) is 11.8. The molecule has 1 aromatic carbocycles. The maximum absolute atomic E-state index is 13.4. The van der Waals surface area contributed by atoms with E-state index in [1.807, 2.05) is 11.8 Å².